The fourth-order valence-electron chi connectivity index (χ4n) is 9.28. The van der Waals surface area contributed by atoms with Crippen LogP contribution in [0.5, 0.6) is 0 Å². The molecule has 0 atom stereocenters. The van der Waals surface area contributed by atoms with Gasteiger partial charge in [0.15, 0.2) is 0 Å². The molecule has 1 aliphatic rings. The normalized spacial score (nSPS) is 13.3. The number of hydrogen-bond donors (Lipinski definition) is 0. The lowest BCUT2D eigenvalue weighted by molar-refractivity contribution is 0.661. The second-order valence-electron chi connectivity index (χ2n) is 14.8. The van der Waals surface area contributed by atoms with Gasteiger partial charge in [-0.15, -0.1) is 0 Å². The molecule has 0 N–H and O–H groups in total. The topological polar surface area (TPSA) is 13.1 Å². The third kappa shape index (κ3) is 3.99. The van der Waals surface area contributed by atoms with Gasteiger partial charge in [0.2, 0.25) is 0 Å². The minimum absolute atomic E-state index is 0.106. The molecule has 0 unspecified atom stereocenters. The standard InChI is InChI=1S/C51H34O/c1-51(2)43-23-12-22-42(49(43)48-34-14-4-3-13-31(34)29-30-44(48)51)47-39-18-7-5-16-37(39)46(38-17-6-8-19-40(38)47)33-27-25-32(26-28-33)35-20-11-21-41-36-15-9-10-24-45(36)52-50(35)41/h3-30H,1-2H3. The molecule has 0 saturated heterocycles. The number of fused-ring (bicyclic) bond motifs is 10. The first-order chi connectivity index (χ1) is 25.6. The average Bonchev–Trinajstić information content (AvgIpc) is 3.69. The maximum atomic E-state index is 6.41. The van der Waals surface area contributed by atoms with Crippen LogP contribution in [-0.2, 0) is 5.41 Å². The zero-order valence-electron chi connectivity index (χ0n) is 29.1. The van der Waals surface area contributed by atoms with Crippen LogP contribution in [0.4, 0.5) is 0 Å². The molecule has 0 fully saturated rings. The van der Waals surface area contributed by atoms with Crippen molar-refractivity contribution in [2.75, 3.05) is 0 Å². The van der Waals surface area contributed by atoms with Gasteiger partial charge < -0.3 is 4.42 Å². The van der Waals surface area contributed by atoms with E-state index in [0.29, 0.717) is 0 Å². The van der Waals surface area contributed by atoms with E-state index < -0.39 is 0 Å². The fourth-order valence-corrected chi connectivity index (χ4v) is 9.28. The molecule has 0 spiro atoms. The van der Waals surface area contributed by atoms with Gasteiger partial charge in [-0.05, 0) is 88.5 Å². The van der Waals surface area contributed by atoms with Crippen molar-refractivity contribution in [2.45, 2.75) is 19.3 Å². The van der Waals surface area contributed by atoms with Gasteiger partial charge in [-0.3, -0.25) is 0 Å². The number of hydrogen-bond acceptors (Lipinski definition) is 1. The van der Waals surface area contributed by atoms with Crippen LogP contribution in [0.25, 0.3) is 98.8 Å². The Morgan fingerprint density at radius 2 is 0.885 bits per heavy atom. The van der Waals surface area contributed by atoms with Gasteiger partial charge in [-0.1, -0.05) is 178 Å². The van der Waals surface area contributed by atoms with Crippen LogP contribution in [0.2, 0.25) is 0 Å². The Kier molecular flexibility index (Phi) is 6.08. The van der Waals surface area contributed by atoms with Gasteiger partial charge in [0.1, 0.15) is 11.2 Å². The summed E-state index contributed by atoms with van der Waals surface area (Å²) < 4.78 is 6.41. The van der Waals surface area contributed by atoms with Crippen molar-refractivity contribution >= 4 is 54.3 Å². The lowest BCUT2D eigenvalue weighted by Gasteiger charge is -2.22. The summed E-state index contributed by atoms with van der Waals surface area (Å²) >= 11 is 0. The lowest BCUT2D eigenvalue weighted by Crippen LogP contribution is -2.14. The van der Waals surface area contributed by atoms with E-state index in [-0.39, 0.29) is 5.41 Å². The second-order valence-corrected chi connectivity index (χ2v) is 14.8. The monoisotopic (exact) mass is 662 g/mol. The predicted octanol–water partition coefficient (Wildman–Crippen LogP) is 14.4. The molecule has 10 aromatic rings. The minimum atomic E-state index is -0.106. The highest BCUT2D eigenvalue weighted by atomic mass is 16.3. The third-order valence-corrected chi connectivity index (χ3v) is 11.7. The van der Waals surface area contributed by atoms with Gasteiger partial charge in [0, 0.05) is 21.8 Å². The van der Waals surface area contributed by atoms with Gasteiger partial charge >= 0.3 is 0 Å². The predicted molar refractivity (Wildman–Crippen MR) is 220 cm³/mol. The maximum absolute atomic E-state index is 6.41. The van der Waals surface area contributed by atoms with E-state index >= 15 is 0 Å². The van der Waals surface area contributed by atoms with Crippen molar-refractivity contribution in [1.29, 1.82) is 0 Å². The third-order valence-electron chi connectivity index (χ3n) is 11.7. The van der Waals surface area contributed by atoms with Gasteiger partial charge in [-0.2, -0.15) is 0 Å². The van der Waals surface area contributed by atoms with Crippen molar-refractivity contribution < 1.29 is 4.42 Å². The molecule has 0 amide bonds. The Morgan fingerprint density at radius 3 is 1.62 bits per heavy atom. The minimum Gasteiger partial charge on any atom is -0.455 e. The highest BCUT2D eigenvalue weighted by Gasteiger charge is 2.38. The largest absolute Gasteiger partial charge is 0.455 e. The van der Waals surface area contributed by atoms with Crippen LogP contribution in [0.3, 0.4) is 0 Å². The molecule has 9 aromatic carbocycles. The summed E-state index contributed by atoms with van der Waals surface area (Å²) in [5.41, 5.74) is 14.6. The summed E-state index contributed by atoms with van der Waals surface area (Å²) in [7, 11) is 0. The van der Waals surface area contributed by atoms with Crippen molar-refractivity contribution in [3.05, 3.63) is 181 Å². The molecule has 11 rings (SSSR count). The molecule has 1 heterocycles. The number of para-hydroxylation sites is 2. The molecule has 1 aliphatic carbocycles. The maximum Gasteiger partial charge on any atom is 0.143 e. The van der Waals surface area contributed by atoms with E-state index in [4.69, 9.17) is 4.42 Å². The van der Waals surface area contributed by atoms with Crippen molar-refractivity contribution in [3.8, 4) is 44.5 Å². The van der Waals surface area contributed by atoms with Crippen molar-refractivity contribution in [2.24, 2.45) is 0 Å². The van der Waals surface area contributed by atoms with Crippen LogP contribution in [0.15, 0.2) is 174 Å². The van der Waals surface area contributed by atoms with E-state index in [1.807, 2.05) is 12.1 Å². The first-order valence-electron chi connectivity index (χ1n) is 18.2. The van der Waals surface area contributed by atoms with Crippen LogP contribution in [0, 0.1) is 0 Å². The molecule has 0 bridgehead atoms. The number of furan rings is 1. The van der Waals surface area contributed by atoms with Crippen molar-refractivity contribution in [1.82, 2.24) is 0 Å². The van der Waals surface area contributed by atoms with Gasteiger partial charge in [-0.25, -0.2) is 0 Å². The molecule has 0 radical (unpaired) electrons. The number of rotatable bonds is 3. The highest BCUT2D eigenvalue weighted by Crippen LogP contribution is 2.56. The average molecular weight is 663 g/mol. The molecule has 1 heteroatoms. The molecule has 1 nitrogen and oxygen atoms in total. The Labute approximate surface area is 302 Å². The van der Waals surface area contributed by atoms with Gasteiger partial charge in [0.05, 0.1) is 0 Å². The smallest absolute Gasteiger partial charge is 0.143 e. The van der Waals surface area contributed by atoms with E-state index in [1.165, 1.54) is 76.8 Å². The summed E-state index contributed by atoms with van der Waals surface area (Å²) in [5.74, 6) is 0. The fraction of sp³-hybridized carbons (Fsp3) is 0.0588. The first-order valence-corrected chi connectivity index (χ1v) is 18.2. The van der Waals surface area contributed by atoms with Crippen LogP contribution in [0.1, 0.15) is 25.0 Å². The summed E-state index contributed by atoms with van der Waals surface area (Å²) in [6.45, 7) is 4.77. The molecule has 1 aromatic heterocycles. The Balaban J connectivity index is 1.15. The van der Waals surface area contributed by atoms with Crippen LogP contribution in [-0.4, -0.2) is 0 Å². The molecular weight excluding hydrogens is 629 g/mol. The second kappa shape index (κ2) is 10.8. The summed E-state index contributed by atoms with van der Waals surface area (Å²) in [6, 6.07) is 62.3. The summed E-state index contributed by atoms with van der Waals surface area (Å²) in [5, 5.41) is 9.97. The van der Waals surface area contributed by atoms with Crippen molar-refractivity contribution in [3.63, 3.8) is 0 Å². The lowest BCUT2D eigenvalue weighted by atomic mass is 9.80. The molecular formula is C51H34O. The summed E-state index contributed by atoms with van der Waals surface area (Å²) in [6.07, 6.45) is 0. The Bertz CT molecular complexity index is 3030. The highest BCUT2D eigenvalue weighted by molar-refractivity contribution is 6.23. The van der Waals surface area contributed by atoms with E-state index in [0.717, 1.165) is 33.1 Å². The van der Waals surface area contributed by atoms with Crippen LogP contribution < -0.4 is 0 Å². The Hall–Kier alpha value is -6.44. The zero-order chi connectivity index (χ0) is 34.6. The van der Waals surface area contributed by atoms with E-state index in [2.05, 4.69) is 172 Å². The Morgan fingerprint density at radius 1 is 0.346 bits per heavy atom. The molecule has 244 valence electrons. The first kappa shape index (κ1) is 29.3. The SMILES string of the molecule is CC1(C)c2cccc(-c3c4ccccc4c(-c4ccc(-c5cccc6c5oc5ccccc56)cc4)c4ccccc34)c2-c2c1ccc1ccccc21. The molecule has 52 heavy (non-hydrogen) atoms. The van der Waals surface area contributed by atoms with Crippen LogP contribution >= 0.6 is 0 Å². The molecule has 0 saturated carbocycles. The number of benzene rings is 9. The van der Waals surface area contributed by atoms with E-state index in [9.17, 15) is 0 Å². The van der Waals surface area contributed by atoms with Gasteiger partial charge in [0.25, 0.3) is 0 Å². The van der Waals surface area contributed by atoms with E-state index in [1.54, 1.807) is 0 Å². The zero-order valence-corrected chi connectivity index (χ0v) is 29.1. The molecule has 0 aliphatic heterocycles. The quantitative estimate of drug-likeness (QED) is 0.172. The summed E-state index contributed by atoms with van der Waals surface area (Å²) in [4.78, 5) is 0.